The predicted octanol–water partition coefficient (Wildman–Crippen LogP) is 3.51. The number of hydrogen-bond donors (Lipinski definition) is 1. The Morgan fingerprint density at radius 3 is 2.36 bits per heavy atom. The number of carbonyl (C=O) groups is 2. The van der Waals surface area contributed by atoms with E-state index in [-0.39, 0.29) is 11.7 Å². The number of pyridine rings is 1. The highest BCUT2D eigenvalue weighted by Gasteiger charge is 2.07. The number of halogens is 1. The number of hydrogen-bond acceptors (Lipinski definition) is 3. The molecule has 1 heterocycles. The molecule has 1 N–H and O–H groups in total. The number of aromatic nitrogens is 1. The Labute approximate surface area is 138 Å². The average Bonchev–Trinajstić information content (AvgIpc) is 2.54. The highest BCUT2D eigenvalue weighted by Crippen LogP contribution is 2.13. The second kappa shape index (κ2) is 8.44. The van der Waals surface area contributed by atoms with Gasteiger partial charge in [0, 0.05) is 41.8 Å². The normalized spacial score (nSPS) is 10.2. The molecule has 2 aromatic rings. The van der Waals surface area contributed by atoms with Gasteiger partial charge in [-0.15, -0.1) is 0 Å². The smallest absolute Gasteiger partial charge is 0.220 e. The molecular weight excluding hydrogens is 344 g/mol. The Hall–Kier alpha value is -2.01. The lowest BCUT2D eigenvalue weighted by Crippen LogP contribution is -2.22. The molecule has 0 fully saturated rings. The first-order valence-electron chi connectivity index (χ1n) is 7.09. The summed E-state index contributed by atoms with van der Waals surface area (Å²) in [5.41, 5.74) is 1.69. The molecule has 1 aromatic heterocycles. The molecule has 0 spiro atoms. The molecule has 2 rings (SSSR count). The lowest BCUT2D eigenvalue weighted by Gasteiger charge is -2.05. The van der Waals surface area contributed by atoms with Gasteiger partial charge in [0.1, 0.15) is 0 Å². The van der Waals surface area contributed by atoms with Crippen LogP contribution in [-0.2, 0) is 11.3 Å². The highest BCUT2D eigenvalue weighted by molar-refractivity contribution is 9.10. The maximum Gasteiger partial charge on any atom is 0.220 e. The Kier molecular flexibility index (Phi) is 6.27. The Morgan fingerprint density at radius 2 is 1.68 bits per heavy atom. The molecule has 1 amide bonds. The molecule has 4 nitrogen and oxygen atoms in total. The summed E-state index contributed by atoms with van der Waals surface area (Å²) in [5.74, 6) is 0.0230. The van der Waals surface area contributed by atoms with Crippen molar-refractivity contribution in [2.75, 3.05) is 0 Å². The predicted molar refractivity (Wildman–Crippen MR) is 88.4 cm³/mol. The van der Waals surface area contributed by atoms with E-state index in [9.17, 15) is 9.59 Å². The van der Waals surface area contributed by atoms with Crippen molar-refractivity contribution in [1.82, 2.24) is 10.3 Å². The van der Waals surface area contributed by atoms with E-state index in [1.54, 1.807) is 24.5 Å². The van der Waals surface area contributed by atoms with Gasteiger partial charge < -0.3 is 5.32 Å². The molecule has 0 radical (unpaired) electrons. The van der Waals surface area contributed by atoms with Gasteiger partial charge in [-0.2, -0.15) is 0 Å². The van der Waals surface area contributed by atoms with Gasteiger partial charge >= 0.3 is 0 Å². The quantitative estimate of drug-likeness (QED) is 0.768. The fourth-order valence-electron chi connectivity index (χ4n) is 1.98. The van der Waals surface area contributed by atoms with Crippen molar-refractivity contribution in [2.24, 2.45) is 0 Å². The molecule has 0 aliphatic heterocycles. The van der Waals surface area contributed by atoms with Crippen LogP contribution < -0.4 is 5.32 Å². The maximum absolute atomic E-state index is 12.0. The lowest BCUT2D eigenvalue weighted by molar-refractivity contribution is -0.121. The monoisotopic (exact) mass is 360 g/mol. The average molecular weight is 361 g/mol. The summed E-state index contributed by atoms with van der Waals surface area (Å²) < 4.78 is 0.944. The minimum atomic E-state index is -0.0413. The fraction of sp³-hybridized carbons (Fsp3) is 0.235. The Bertz CT molecular complexity index is 627. The first kappa shape index (κ1) is 16.4. The van der Waals surface area contributed by atoms with E-state index in [2.05, 4.69) is 26.2 Å². The number of benzene rings is 1. The summed E-state index contributed by atoms with van der Waals surface area (Å²) in [7, 11) is 0. The lowest BCUT2D eigenvalue weighted by atomic mass is 10.1. The largest absolute Gasteiger partial charge is 0.352 e. The molecular formula is C17H17BrN2O2. The molecule has 0 bridgehead atoms. The van der Waals surface area contributed by atoms with Gasteiger partial charge in [0.25, 0.3) is 0 Å². The highest BCUT2D eigenvalue weighted by atomic mass is 79.9. The van der Waals surface area contributed by atoms with Crippen LogP contribution in [0, 0.1) is 0 Å². The van der Waals surface area contributed by atoms with E-state index in [0.717, 1.165) is 10.0 Å². The zero-order valence-corrected chi connectivity index (χ0v) is 13.7. The van der Waals surface area contributed by atoms with E-state index in [1.165, 1.54) is 0 Å². The maximum atomic E-state index is 12.0. The third-order valence-electron chi connectivity index (χ3n) is 3.21. The summed E-state index contributed by atoms with van der Waals surface area (Å²) in [5, 5.41) is 2.84. The second-order valence-corrected chi connectivity index (χ2v) is 5.83. The third-order valence-corrected chi connectivity index (χ3v) is 3.74. The summed E-state index contributed by atoms with van der Waals surface area (Å²) in [4.78, 5) is 27.6. The second-order valence-electron chi connectivity index (χ2n) is 4.92. The van der Waals surface area contributed by atoms with Crippen LogP contribution in [-0.4, -0.2) is 16.7 Å². The van der Waals surface area contributed by atoms with Crippen LogP contribution in [0.1, 0.15) is 35.2 Å². The molecule has 114 valence electrons. The number of nitrogens with zero attached hydrogens (tertiary/aromatic N) is 1. The molecule has 0 aliphatic rings. The van der Waals surface area contributed by atoms with E-state index in [1.807, 2.05) is 24.3 Å². The zero-order valence-electron chi connectivity index (χ0n) is 12.1. The van der Waals surface area contributed by atoms with Crippen molar-refractivity contribution >= 4 is 27.6 Å². The van der Waals surface area contributed by atoms with Gasteiger partial charge in [-0.05, 0) is 36.2 Å². The zero-order chi connectivity index (χ0) is 15.8. The van der Waals surface area contributed by atoms with E-state index < -0.39 is 0 Å². The first-order valence-corrected chi connectivity index (χ1v) is 7.89. The standard InChI is InChI=1S/C17H17BrN2O2/c18-15-6-4-14(5-7-15)16(21)2-1-3-17(22)20-12-13-8-10-19-11-9-13/h4-11H,1-3,12H2,(H,20,22). The molecule has 0 atom stereocenters. The van der Waals surface area contributed by atoms with Crippen LogP contribution >= 0.6 is 15.9 Å². The third kappa shape index (κ3) is 5.41. The van der Waals surface area contributed by atoms with E-state index >= 15 is 0 Å². The fourth-order valence-corrected chi connectivity index (χ4v) is 2.24. The van der Waals surface area contributed by atoms with Crippen molar-refractivity contribution in [3.63, 3.8) is 0 Å². The van der Waals surface area contributed by atoms with Crippen molar-refractivity contribution in [3.8, 4) is 0 Å². The number of nitrogens with one attached hydrogen (secondary N) is 1. The number of Topliss-reactive ketones (excluding diaryl/α,β-unsaturated/α-hetero) is 1. The number of carbonyl (C=O) groups excluding carboxylic acids is 2. The molecule has 0 unspecified atom stereocenters. The molecule has 5 heteroatoms. The van der Waals surface area contributed by atoms with Gasteiger partial charge in [-0.25, -0.2) is 0 Å². The van der Waals surface area contributed by atoms with Gasteiger partial charge in [-0.1, -0.05) is 28.1 Å². The molecule has 1 aromatic carbocycles. The van der Waals surface area contributed by atoms with Gasteiger partial charge in [-0.3, -0.25) is 14.6 Å². The number of ketones is 1. The van der Waals surface area contributed by atoms with Gasteiger partial charge in [0.05, 0.1) is 0 Å². The summed E-state index contributed by atoms with van der Waals surface area (Å²) >= 11 is 3.33. The van der Waals surface area contributed by atoms with Gasteiger partial charge in [0.15, 0.2) is 5.78 Å². The van der Waals surface area contributed by atoms with Crippen molar-refractivity contribution in [2.45, 2.75) is 25.8 Å². The summed E-state index contributed by atoms with van der Waals surface area (Å²) in [6.07, 6.45) is 4.67. The minimum Gasteiger partial charge on any atom is -0.352 e. The molecule has 0 aliphatic carbocycles. The van der Waals surface area contributed by atoms with Gasteiger partial charge in [0.2, 0.25) is 5.91 Å². The Balaban J connectivity index is 1.68. The van der Waals surface area contributed by atoms with Crippen LogP contribution in [0.3, 0.4) is 0 Å². The SMILES string of the molecule is O=C(CCCC(=O)c1ccc(Br)cc1)NCc1ccncc1. The number of amides is 1. The van der Waals surface area contributed by atoms with Crippen molar-refractivity contribution < 1.29 is 9.59 Å². The Morgan fingerprint density at radius 1 is 1.00 bits per heavy atom. The van der Waals surface area contributed by atoms with E-state index in [0.29, 0.717) is 31.4 Å². The van der Waals surface area contributed by atoms with Crippen molar-refractivity contribution in [3.05, 3.63) is 64.4 Å². The molecule has 0 saturated carbocycles. The van der Waals surface area contributed by atoms with Crippen LogP contribution in [0.4, 0.5) is 0 Å². The minimum absolute atomic E-state index is 0.0413. The topological polar surface area (TPSA) is 59.1 Å². The summed E-state index contributed by atoms with van der Waals surface area (Å²) in [6, 6.07) is 11.0. The summed E-state index contributed by atoms with van der Waals surface area (Å²) in [6.45, 7) is 0.488. The van der Waals surface area contributed by atoms with Crippen LogP contribution in [0.5, 0.6) is 0 Å². The van der Waals surface area contributed by atoms with Crippen LogP contribution in [0.2, 0.25) is 0 Å². The van der Waals surface area contributed by atoms with Crippen molar-refractivity contribution in [1.29, 1.82) is 0 Å². The molecule has 22 heavy (non-hydrogen) atoms. The van der Waals surface area contributed by atoms with Crippen LogP contribution in [0.25, 0.3) is 0 Å². The first-order chi connectivity index (χ1) is 10.6. The van der Waals surface area contributed by atoms with Crippen LogP contribution in [0.15, 0.2) is 53.3 Å². The number of rotatable bonds is 7. The van der Waals surface area contributed by atoms with E-state index in [4.69, 9.17) is 0 Å². The molecule has 0 saturated heterocycles.